The molecule has 9 heteroatoms. The molecule has 0 bridgehead atoms. The van der Waals surface area contributed by atoms with Crippen molar-refractivity contribution in [2.75, 3.05) is 6.61 Å². The maximum Gasteiger partial charge on any atom is 0.332 e. The molecule has 0 unspecified atom stereocenters. The van der Waals surface area contributed by atoms with Crippen molar-refractivity contribution < 1.29 is 28.8 Å². The highest BCUT2D eigenvalue weighted by atomic mass is 32.1. The summed E-state index contributed by atoms with van der Waals surface area (Å²) in [7, 11) is 0. The third-order valence-corrected chi connectivity index (χ3v) is 7.50. The Hall–Kier alpha value is -4.89. The summed E-state index contributed by atoms with van der Waals surface area (Å²) in [6, 6.07) is 21.6. The molecule has 5 aromatic rings. The summed E-state index contributed by atoms with van der Waals surface area (Å²) in [4.78, 5) is 55.5. The fourth-order valence-corrected chi connectivity index (χ4v) is 5.44. The monoisotopic (exact) mass is 566 g/mol. The highest BCUT2D eigenvalue weighted by Gasteiger charge is 2.22. The van der Waals surface area contributed by atoms with E-state index in [9.17, 15) is 19.2 Å². The summed E-state index contributed by atoms with van der Waals surface area (Å²) in [6.07, 6.45) is 0. The molecule has 206 valence electrons. The molecular formula is C32H26N2O6S. The van der Waals surface area contributed by atoms with Gasteiger partial charge in [-0.2, -0.15) is 0 Å². The van der Waals surface area contributed by atoms with Gasteiger partial charge in [0.05, 0.1) is 11.4 Å². The Morgan fingerprint density at radius 3 is 2.15 bits per heavy atom. The van der Waals surface area contributed by atoms with Crippen LogP contribution >= 0.6 is 11.3 Å². The molecule has 0 saturated carbocycles. The molecule has 0 N–H and O–H groups in total. The number of aromatic nitrogens is 1. The second-order valence-electron chi connectivity index (χ2n) is 9.43. The maximum absolute atomic E-state index is 13.8. The zero-order valence-corrected chi connectivity index (χ0v) is 23.5. The van der Waals surface area contributed by atoms with Crippen molar-refractivity contribution in [3.63, 3.8) is 0 Å². The van der Waals surface area contributed by atoms with Gasteiger partial charge in [0.1, 0.15) is 6.61 Å². The summed E-state index contributed by atoms with van der Waals surface area (Å²) in [5, 5.41) is 7.29. The Balaban J connectivity index is 1.65. The van der Waals surface area contributed by atoms with E-state index in [0.717, 1.165) is 27.4 Å². The van der Waals surface area contributed by atoms with E-state index in [-0.39, 0.29) is 24.1 Å². The SMILES string of the molecule is CC(=O)OCCn1c2ccc(C(=O)/C(=N/OC(C)=O)c3ccccc3C)cc2c2cc(C(=O)c3cccs3)ccc21. The van der Waals surface area contributed by atoms with Gasteiger partial charge in [0.15, 0.2) is 5.71 Å². The first-order chi connectivity index (χ1) is 19.7. The molecule has 0 amide bonds. The van der Waals surface area contributed by atoms with E-state index < -0.39 is 11.8 Å². The number of thiophene rings is 1. The fourth-order valence-electron chi connectivity index (χ4n) is 4.76. The molecule has 41 heavy (non-hydrogen) atoms. The van der Waals surface area contributed by atoms with E-state index in [1.54, 1.807) is 36.4 Å². The highest BCUT2D eigenvalue weighted by molar-refractivity contribution is 7.12. The van der Waals surface area contributed by atoms with Gasteiger partial charge in [-0.1, -0.05) is 35.5 Å². The summed E-state index contributed by atoms with van der Waals surface area (Å²) in [5.74, 6) is -1.53. The number of fused-ring (bicyclic) bond motifs is 3. The van der Waals surface area contributed by atoms with Crippen LogP contribution in [0.1, 0.15) is 50.6 Å². The molecule has 0 fully saturated rings. The van der Waals surface area contributed by atoms with Crippen LogP contribution in [0.15, 0.2) is 83.3 Å². The first-order valence-electron chi connectivity index (χ1n) is 12.9. The number of esters is 1. The molecule has 2 aromatic heterocycles. The topological polar surface area (TPSA) is 104 Å². The molecule has 2 heterocycles. The lowest BCUT2D eigenvalue weighted by Crippen LogP contribution is -2.18. The van der Waals surface area contributed by atoms with Crippen molar-refractivity contribution >= 4 is 62.4 Å². The lowest BCUT2D eigenvalue weighted by atomic mass is 9.96. The van der Waals surface area contributed by atoms with E-state index in [2.05, 4.69) is 5.16 Å². The first-order valence-corrected chi connectivity index (χ1v) is 13.8. The number of ether oxygens (including phenoxy) is 1. The van der Waals surface area contributed by atoms with E-state index in [4.69, 9.17) is 9.57 Å². The van der Waals surface area contributed by atoms with Crippen LogP contribution in [0.4, 0.5) is 0 Å². The molecule has 8 nitrogen and oxygen atoms in total. The third kappa shape index (κ3) is 5.71. The quantitative estimate of drug-likeness (QED) is 0.0701. The first kappa shape index (κ1) is 27.7. The number of aryl methyl sites for hydroxylation is 1. The molecule has 3 aromatic carbocycles. The molecule has 0 atom stereocenters. The average Bonchev–Trinajstić information content (AvgIpc) is 3.60. The number of hydrogen-bond donors (Lipinski definition) is 0. The second kappa shape index (κ2) is 11.7. The Morgan fingerprint density at radius 1 is 0.829 bits per heavy atom. The summed E-state index contributed by atoms with van der Waals surface area (Å²) < 4.78 is 7.20. The molecule has 0 spiro atoms. The van der Waals surface area contributed by atoms with Crippen molar-refractivity contribution in [3.05, 3.63) is 105 Å². The van der Waals surface area contributed by atoms with Crippen LogP contribution in [0.3, 0.4) is 0 Å². The average molecular weight is 567 g/mol. The second-order valence-corrected chi connectivity index (χ2v) is 10.4. The van der Waals surface area contributed by atoms with Gasteiger partial charge in [0.2, 0.25) is 11.6 Å². The van der Waals surface area contributed by atoms with Gasteiger partial charge in [-0.15, -0.1) is 11.3 Å². The van der Waals surface area contributed by atoms with Gasteiger partial charge in [-0.3, -0.25) is 14.4 Å². The largest absolute Gasteiger partial charge is 0.464 e. The number of carbonyl (C=O) groups excluding carboxylic acids is 4. The van der Waals surface area contributed by atoms with E-state index in [0.29, 0.717) is 28.1 Å². The van der Waals surface area contributed by atoms with Gasteiger partial charge in [-0.05, 0) is 60.3 Å². The number of hydrogen-bond acceptors (Lipinski definition) is 8. The minimum Gasteiger partial charge on any atom is -0.464 e. The van der Waals surface area contributed by atoms with Crippen LogP contribution in [0.2, 0.25) is 0 Å². The van der Waals surface area contributed by atoms with E-state index in [1.807, 2.05) is 53.3 Å². The van der Waals surface area contributed by atoms with Crippen LogP contribution in [0.5, 0.6) is 0 Å². The third-order valence-electron chi connectivity index (χ3n) is 6.64. The van der Waals surface area contributed by atoms with Gasteiger partial charge in [0.25, 0.3) is 0 Å². The summed E-state index contributed by atoms with van der Waals surface area (Å²) in [6.45, 7) is 4.97. The number of ketones is 2. The van der Waals surface area contributed by atoms with Crippen molar-refractivity contribution in [2.45, 2.75) is 27.3 Å². The Labute approximate surface area is 239 Å². The van der Waals surface area contributed by atoms with E-state index >= 15 is 0 Å². The summed E-state index contributed by atoms with van der Waals surface area (Å²) in [5.41, 5.74) is 3.84. The molecule has 0 aliphatic carbocycles. The van der Waals surface area contributed by atoms with Gasteiger partial charge in [-0.25, -0.2) is 4.79 Å². The molecule has 0 radical (unpaired) electrons. The predicted octanol–water partition coefficient (Wildman–Crippen LogP) is 6.11. The molecule has 0 saturated heterocycles. The molecule has 5 rings (SSSR count). The minimum absolute atomic E-state index is 0.00445. The molecule has 0 aliphatic rings. The van der Waals surface area contributed by atoms with Crippen LogP contribution < -0.4 is 0 Å². The van der Waals surface area contributed by atoms with Crippen molar-refractivity contribution in [1.82, 2.24) is 4.57 Å². The predicted molar refractivity (Wildman–Crippen MR) is 158 cm³/mol. The summed E-state index contributed by atoms with van der Waals surface area (Å²) >= 11 is 1.37. The molecular weight excluding hydrogens is 540 g/mol. The number of nitrogens with zero attached hydrogens (tertiary/aromatic N) is 2. The lowest BCUT2D eigenvalue weighted by molar-refractivity contribution is -0.142. The smallest absolute Gasteiger partial charge is 0.332 e. The Bertz CT molecular complexity index is 1850. The van der Waals surface area contributed by atoms with Crippen molar-refractivity contribution in [2.24, 2.45) is 5.16 Å². The number of Topliss-reactive ketones (excluding diaryl/α,β-unsaturated/α-hetero) is 1. The molecule has 0 aliphatic heterocycles. The van der Waals surface area contributed by atoms with Crippen LogP contribution in [0, 0.1) is 6.92 Å². The van der Waals surface area contributed by atoms with Crippen molar-refractivity contribution in [1.29, 1.82) is 0 Å². The minimum atomic E-state index is -0.641. The van der Waals surface area contributed by atoms with Gasteiger partial charge in [0, 0.05) is 52.3 Å². The fraction of sp³-hybridized carbons (Fsp3) is 0.156. The normalized spacial score (nSPS) is 11.5. The highest BCUT2D eigenvalue weighted by Crippen LogP contribution is 2.32. The van der Waals surface area contributed by atoms with Gasteiger partial charge < -0.3 is 14.1 Å². The van der Waals surface area contributed by atoms with Crippen molar-refractivity contribution in [3.8, 4) is 0 Å². The zero-order chi connectivity index (χ0) is 29.1. The Kier molecular flexibility index (Phi) is 7.89. The lowest BCUT2D eigenvalue weighted by Gasteiger charge is -2.10. The maximum atomic E-state index is 13.8. The van der Waals surface area contributed by atoms with Crippen LogP contribution in [0.25, 0.3) is 21.8 Å². The zero-order valence-electron chi connectivity index (χ0n) is 22.7. The number of carbonyl (C=O) groups is 4. The van der Waals surface area contributed by atoms with Gasteiger partial charge >= 0.3 is 11.9 Å². The van der Waals surface area contributed by atoms with Crippen LogP contribution in [-0.2, 0) is 25.7 Å². The Morgan fingerprint density at radius 2 is 1.51 bits per heavy atom. The number of benzene rings is 3. The number of oxime groups is 1. The number of rotatable bonds is 9. The van der Waals surface area contributed by atoms with E-state index in [1.165, 1.54) is 25.2 Å². The standard InChI is InChI=1S/C32H26N2O6S/c1-19-7-4-5-8-24(19)30(33-40-21(3)36)32(38)23-11-13-28-26(18-23)25-17-22(31(37)29-9-6-16-41-29)10-12-27(25)34(28)14-15-39-20(2)35/h4-13,16-18H,14-15H2,1-3H3/b33-30+. The van der Waals surface area contributed by atoms with Crippen LogP contribution in [-0.4, -0.2) is 40.4 Å².